The third kappa shape index (κ3) is 2.69. The predicted octanol–water partition coefficient (Wildman–Crippen LogP) is 3.45. The number of halogens is 1. The van der Waals surface area contributed by atoms with Crippen LogP contribution in [0, 0.1) is 17.7 Å². The topological polar surface area (TPSA) is 66.6 Å². The lowest BCUT2D eigenvalue weighted by Crippen LogP contribution is -2.43. The van der Waals surface area contributed by atoms with Gasteiger partial charge in [-0.15, -0.1) is 0 Å². The van der Waals surface area contributed by atoms with E-state index in [0.29, 0.717) is 30.8 Å². The summed E-state index contributed by atoms with van der Waals surface area (Å²) >= 11 is 0. The molecule has 6 heteroatoms. The van der Waals surface area contributed by atoms with Crippen LogP contribution in [0.4, 0.5) is 4.39 Å². The number of aromatic nitrogens is 1. The molecule has 0 spiro atoms. The van der Waals surface area contributed by atoms with Crippen molar-refractivity contribution in [2.75, 3.05) is 13.1 Å². The highest BCUT2D eigenvalue weighted by molar-refractivity contribution is 5.94. The maximum Gasteiger partial charge on any atom is 0.276 e. The van der Waals surface area contributed by atoms with Crippen LogP contribution in [-0.2, 0) is 18.4 Å². The van der Waals surface area contributed by atoms with E-state index in [1.807, 2.05) is 0 Å². The van der Waals surface area contributed by atoms with E-state index in [1.54, 1.807) is 23.1 Å². The number of carbonyl (C=O) groups excluding carboxylic acids is 1. The second kappa shape index (κ2) is 6.69. The molecule has 28 heavy (non-hydrogen) atoms. The number of hydrogen-bond acceptors (Lipinski definition) is 4. The molecule has 1 N–H and O–H groups in total. The number of likely N-dealkylation sites (tertiary alicyclic amines) is 1. The molecule has 1 saturated carbocycles. The number of amides is 1. The minimum absolute atomic E-state index is 0.114. The standard InChI is InChI=1S/C22H25FN2O3/c23-18-9-3-2-8-16(18)22(27)11-5-6-14-12-25(13-17(14)22)21(26)20-15-7-1-4-10-19(15)28-24-20/h2-3,8-9,14,17,27H,1,4-7,10-13H2/t14-,17+,22+/m0/s1. The zero-order valence-electron chi connectivity index (χ0n) is 15.9. The maximum absolute atomic E-state index is 14.5. The molecular weight excluding hydrogens is 359 g/mol. The zero-order chi connectivity index (χ0) is 19.3. The molecule has 0 bridgehead atoms. The van der Waals surface area contributed by atoms with Crippen molar-refractivity contribution in [3.8, 4) is 0 Å². The zero-order valence-corrected chi connectivity index (χ0v) is 15.9. The van der Waals surface area contributed by atoms with Gasteiger partial charge in [-0.05, 0) is 50.5 Å². The van der Waals surface area contributed by atoms with Gasteiger partial charge in [0.15, 0.2) is 5.69 Å². The lowest BCUT2D eigenvalue weighted by molar-refractivity contribution is -0.0668. The van der Waals surface area contributed by atoms with Crippen molar-refractivity contribution in [3.63, 3.8) is 0 Å². The van der Waals surface area contributed by atoms with Crippen LogP contribution in [0.25, 0.3) is 0 Å². The average Bonchev–Trinajstić information content (AvgIpc) is 3.33. The fourth-order valence-corrected chi connectivity index (χ4v) is 5.54. The van der Waals surface area contributed by atoms with Crippen molar-refractivity contribution in [3.05, 3.63) is 52.7 Å². The smallest absolute Gasteiger partial charge is 0.276 e. The lowest BCUT2D eigenvalue weighted by Gasteiger charge is -2.41. The fourth-order valence-electron chi connectivity index (χ4n) is 5.54. The Balaban J connectivity index is 1.43. The molecule has 2 aliphatic carbocycles. The Bertz CT molecular complexity index is 911. The molecule has 148 valence electrons. The van der Waals surface area contributed by atoms with Crippen LogP contribution in [0.5, 0.6) is 0 Å². The van der Waals surface area contributed by atoms with Gasteiger partial charge in [-0.1, -0.05) is 23.4 Å². The Morgan fingerprint density at radius 3 is 2.89 bits per heavy atom. The Hall–Kier alpha value is -2.21. The van der Waals surface area contributed by atoms with Gasteiger partial charge >= 0.3 is 0 Å². The number of aliphatic hydroxyl groups is 1. The Labute approximate surface area is 163 Å². The van der Waals surface area contributed by atoms with Gasteiger partial charge in [0.05, 0.1) is 5.60 Å². The van der Waals surface area contributed by atoms with Crippen LogP contribution in [-0.4, -0.2) is 34.2 Å². The number of nitrogens with zero attached hydrogens (tertiary/aromatic N) is 2. The molecule has 1 amide bonds. The highest BCUT2D eigenvalue weighted by Crippen LogP contribution is 2.49. The van der Waals surface area contributed by atoms with Crippen molar-refractivity contribution in [2.24, 2.45) is 11.8 Å². The number of rotatable bonds is 2. The number of fused-ring (bicyclic) bond motifs is 2. The van der Waals surface area contributed by atoms with Gasteiger partial charge in [0.1, 0.15) is 11.6 Å². The lowest BCUT2D eigenvalue weighted by atomic mass is 9.67. The van der Waals surface area contributed by atoms with E-state index in [-0.39, 0.29) is 23.6 Å². The normalized spacial score (nSPS) is 29.4. The van der Waals surface area contributed by atoms with Crippen LogP contribution in [0.3, 0.4) is 0 Å². The molecular formula is C22H25FN2O3. The molecule has 2 heterocycles. The van der Waals surface area contributed by atoms with Gasteiger partial charge in [-0.2, -0.15) is 0 Å². The Morgan fingerprint density at radius 1 is 1.21 bits per heavy atom. The Morgan fingerprint density at radius 2 is 2.04 bits per heavy atom. The highest BCUT2D eigenvalue weighted by atomic mass is 19.1. The van der Waals surface area contributed by atoms with Crippen LogP contribution < -0.4 is 0 Å². The number of carbonyl (C=O) groups is 1. The summed E-state index contributed by atoms with van der Waals surface area (Å²) < 4.78 is 19.9. The monoisotopic (exact) mass is 384 g/mol. The largest absolute Gasteiger partial charge is 0.385 e. The highest BCUT2D eigenvalue weighted by Gasteiger charge is 2.52. The van der Waals surface area contributed by atoms with E-state index in [2.05, 4.69) is 5.16 Å². The van der Waals surface area contributed by atoms with Crippen molar-refractivity contribution in [1.29, 1.82) is 0 Å². The van der Waals surface area contributed by atoms with E-state index >= 15 is 0 Å². The van der Waals surface area contributed by atoms with Crippen molar-refractivity contribution in [1.82, 2.24) is 10.1 Å². The number of aryl methyl sites for hydroxylation is 1. The third-order valence-corrected chi connectivity index (χ3v) is 6.97. The first kappa shape index (κ1) is 17.9. The molecule has 1 aliphatic heterocycles. The van der Waals surface area contributed by atoms with Crippen LogP contribution in [0.1, 0.15) is 59.5 Å². The summed E-state index contributed by atoms with van der Waals surface area (Å²) in [6.45, 7) is 1.01. The first-order valence-corrected chi connectivity index (χ1v) is 10.3. The van der Waals surface area contributed by atoms with Crippen LogP contribution in [0.2, 0.25) is 0 Å². The summed E-state index contributed by atoms with van der Waals surface area (Å²) in [6.07, 6.45) is 6.09. The summed E-state index contributed by atoms with van der Waals surface area (Å²) in [5.41, 5.74) is 0.517. The molecule has 2 aromatic rings. The van der Waals surface area contributed by atoms with Crippen molar-refractivity contribution in [2.45, 2.75) is 50.5 Å². The molecule has 0 unspecified atom stereocenters. The second-order valence-electron chi connectivity index (χ2n) is 8.51. The summed E-state index contributed by atoms with van der Waals surface area (Å²) in [4.78, 5) is 15.0. The summed E-state index contributed by atoms with van der Waals surface area (Å²) in [5.74, 6) is 0.363. The van der Waals surface area contributed by atoms with Gasteiger partial charge < -0.3 is 14.5 Å². The quantitative estimate of drug-likeness (QED) is 0.861. The van der Waals surface area contributed by atoms with E-state index in [0.717, 1.165) is 49.8 Å². The molecule has 1 aromatic carbocycles. The van der Waals surface area contributed by atoms with Gasteiger partial charge in [0.2, 0.25) is 0 Å². The molecule has 0 radical (unpaired) electrons. The van der Waals surface area contributed by atoms with Gasteiger partial charge in [-0.3, -0.25) is 4.79 Å². The van der Waals surface area contributed by atoms with Crippen LogP contribution in [0.15, 0.2) is 28.8 Å². The minimum Gasteiger partial charge on any atom is -0.385 e. The summed E-state index contributed by atoms with van der Waals surface area (Å²) in [7, 11) is 0. The third-order valence-electron chi connectivity index (χ3n) is 6.97. The minimum atomic E-state index is -1.23. The van der Waals surface area contributed by atoms with Gasteiger partial charge in [-0.25, -0.2) is 4.39 Å². The summed E-state index contributed by atoms with van der Waals surface area (Å²) in [5, 5.41) is 15.6. The van der Waals surface area contributed by atoms with Crippen molar-refractivity contribution < 1.29 is 18.8 Å². The van der Waals surface area contributed by atoms with Crippen molar-refractivity contribution >= 4 is 5.91 Å². The fraction of sp³-hybridized carbons (Fsp3) is 0.545. The van der Waals surface area contributed by atoms with Gasteiger partial charge in [0.25, 0.3) is 5.91 Å². The molecule has 1 aromatic heterocycles. The van der Waals surface area contributed by atoms with E-state index < -0.39 is 5.60 Å². The number of hydrogen-bond donors (Lipinski definition) is 1. The average molecular weight is 384 g/mol. The SMILES string of the molecule is O=C(c1noc2c1CCCC2)N1C[C@@H]2CCC[C@@](O)(c3ccccc3F)[C@@H]2C1. The molecule has 5 rings (SSSR count). The molecule has 2 fully saturated rings. The first-order chi connectivity index (χ1) is 13.6. The molecule has 5 nitrogen and oxygen atoms in total. The maximum atomic E-state index is 14.5. The van der Waals surface area contributed by atoms with E-state index in [1.165, 1.54) is 6.07 Å². The van der Waals surface area contributed by atoms with Crippen LogP contribution >= 0.6 is 0 Å². The molecule has 3 atom stereocenters. The Kier molecular flexibility index (Phi) is 4.27. The predicted molar refractivity (Wildman–Crippen MR) is 100 cm³/mol. The first-order valence-electron chi connectivity index (χ1n) is 10.3. The molecule has 1 saturated heterocycles. The van der Waals surface area contributed by atoms with Gasteiger partial charge in [0, 0.05) is 36.6 Å². The second-order valence-corrected chi connectivity index (χ2v) is 8.51. The van der Waals surface area contributed by atoms with E-state index in [9.17, 15) is 14.3 Å². The molecule has 3 aliphatic rings. The summed E-state index contributed by atoms with van der Waals surface area (Å²) in [6, 6.07) is 6.48. The van der Waals surface area contributed by atoms with E-state index in [4.69, 9.17) is 4.52 Å². The number of benzene rings is 1.